The van der Waals surface area contributed by atoms with E-state index in [4.69, 9.17) is 11.6 Å². The Morgan fingerprint density at radius 2 is 1.84 bits per heavy atom. The molecule has 2 aromatic carbocycles. The van der Waals surface area contributed by atoms with Crippen LogP contribution in [-0.2, 0) is 0 Å². The third-order valence-electron chi connectivity index (χ3n) is 3.29. The van der Waals surface area contributed by atoms with Crippen molar-refractivity contribution in [3.63, 3.8) is 0 Å². The van der Waals surface area contributed by atoms with Crippen molar-refractivity contribution in [2.75, 3.05) is 0 Å². The van der Waals surface area contributed by atoms with Gasteiger partial charge >= 0.3 is 0 Å². The summed E-state index contributed by atoms with van der Waals surface area (Å²) < 4.78 is 0. The van der Waals surface area contributed by atoms with E-state index in [1.54, 1.807) is 0 Å². The van der Waals surface area contributed by atoms with Gasteiger partial charge < -0.3 is 0 Å². The van der Waals surface area contributed by atoms with E-state index in [2.05, 4.69) is 36.2 Å². The molecule has 19 heavy (non-hydrogen) atoms. The van der Waals surface area contributed by atoms with Crippen LogP contribution in [0.2, 0.25) is 0 Å². The molecule has 0 amide bonds. The molecule has 0 N–H and O–H groups in total. The molecule has 0 fully saturated rings. The summed E-state index contributed by atoms with van der Waals surface area (Å²) in [6.45, 7) is 2.08. The Balaban J connectivity index is 2.14. The molecule has 3 rings (SSSR count). The lowest BCUT2D eigenvalue weighted by Gasteiger charge is -2.13. The van der Waals surface area contributed by atoms with Gasteiger partial charge in [0.05, 0.1) is 10.9 Å². The fourth-order valence-corrected chi connectivity index (χ4v) is 2.67. The number of aromatic nitrogens is 1. The van der Waals surface area contributed by atoms with Crippen molar-refractivity contribution in [3.05, 3.63) is 77.5 Å². The summed E-state index contributed by atoms with van der Waals surface area (Å²) in [5.74, 6) is 0. The summed E-state index contributed by atoms with van der Waals surface area (Å²) in [5.41, 5.74) is 4.44. The molecule has 0 aliphatic heterocycles. The minimum atomic E-state index is -0.146. The maximum absolute atomic E-state index is 6.65. The van der Waals surface area contributed by atoms with E-state index >= 15 is 0 Å². The van der Waals surface area contributed by atoms with Crippen LogP contribution >= 0.6 is 11.6 Å². The predicted molar refractivity (Wildman–Crippen MR) is 80.6 cm³/mol. The summed E-state index contributed by atoms with van der Waals surface area (Å²) in [6, 6.07) is 18.4. The second kappa shape index (κ2) is 5.02. The molecule has 0 bridgehead atoms. The van der Waals surface area contributed by atoms with Crippen LogP contribution in [0.25, 0.3) is 10.9 Å². The Kier molecular flexibility index (Phi) is 3.22. The fourth-order valence-electron chi connectivity index (χ4n) is 2.35. The largest absolute Gasteiger partial charge is 0.256 e. The van der Waals surface area contributed by atoms with E-state index in [0.29, 0.717) is 0 Å². The number of para-hydroxylation sites is 1. The molecular formula is C17H14ClN. The van der Waals surface area contributed by atoms with Crippen LogP contribution < -0.4 is 0 Å². The summed E-state index contributed by atoms with van der Waals surface area (Å²) in [4.78, 5) is 4.38. The molecule has 94 valence electrons. The lowest BCUT2D eigenvalue weighted by molar-refractivity contribution is 1.14. The van der Waals surface area contributed by atoms with Crippen molar-refractivity contribution < 1.29 is 0 Å². The van der Waals surface area contributed by atoms with Crippen LogP contribution in [0.4, 0.5) is 0 Å². The number of alkyl halides is 1. The summed E-state index contributed by atoms with van der Waals surface area (Å²) in [6.07, 6.45) is 1.82. The fraction of sp³-hybridized carbons (Fsp3) is 0.118. The molecule has 1 unspecified atom stereocenters. The first kappa shape index (κ1) is 12.2. The molecule has 1 aromatic heterocycles. The molecule has 0 aliphatic rings. The van der Waals surface area contributed by atoms with E-state index in [0.717, 1.165) is 22.0 Å². The minimum Gasteiger partial charge on any atom is -0.256 e. The zero-order valence-corrected chi connectivity index (χ0v) is 11.4. The first-order chi connectivity index (χ1) is 9.25. The topological polar surface area (TPSA) is 12.9 Å². The van der Waals surface area contributed by atoms with E-state index in [1.807, 2.05) is 36.5 Å². The average Bonchev–Trinajstić information content (AvgIpc) is 2.46. The van der Waals surface area contributed by atoms with Crippen LogP contribution in [0.3, 0.4) is 0 Å². The molecule has 0 saturated carbocycles. The highest BCUT2D eigenvalue weighted by Gasteiger charge is 2.13. The Morgan fingerprint density at radius 1 is 1.00 bits per heavy atom. The SMILES string of the molecule is Cc1cccc(C(Cl)c2ccnc3ccccc23)c1. The summed E-state index contributed by atoms with van der Waals surface area (Å²) in [5, 5.41) is 0.972. The van der Waals surface area contributed by atoms with Gasteiger partial charge in [0.25, 0.3) is 0 Å². The Morgan fingerprint density at radius 3 is 2.68 bits per heavy atom. The third kappa shape index (κ3) is 2.34. The maximum atomic E-state index is 6.65. The van der Waals surface area contributed by atoms with Crippen LogP contribution in [0, 0.1) is 6.92 Å². The maximum Gasteiger partial charge on any atom is 0.0842 e. The predicted octanol–water partition coefficient (Wildman–Crippen LogP) is 4.87. The molecular weight excluding hydrogens is 254 g/mol. The molecule has 1 atom stereocenters. The summed E-state index contributed by atoms with van der Waals surface area (Å²) in [7, 11) is 0. The number of benzene rings is 2. The lowest BCUT2D eigenvalue weighted by Crippen LogP contribution is -1.96. The Hall–Kier alpha value is -1.86. The van der Waals surface area contributed by atoms with E-state index in [9.17, 15) is 0 Å². The monoisotopic (exact) mass is 267 g/mol. The number of nitrogens with zero attached hydrogens (tertiary/aromatic N) is 1. The second-order valence-electron chi connectivity index (χ2n) is 4.69. The number of aryl methyl sites for hydroxylation is 1. The van der Waals surface area contributed by atoms with Gasteiger partial charge in [-0.1, -0.05) is 48.0 Å². The van der Waals surface area contributed by atoms with Crippen molar-refractivity contribution in [1.29, 1.82) is 0 Å². The van der Waals surface area contributed by atoms with Crippen molar-refractivity contribution in [3.8, 4) is 0 Å². The van der Waals surface area contributed by atoms with Gasteiger partial charge in [0.1, 0.15) is 0 Å². The third-order valence-corrected chi connectivity index (χ3v) is 3.78. The lowest BCUT2D eigenvalue weighted by atomic mass is 9.99. The molecule has 1 heterocycles. The van der Waals surface area contributed by atoms with Crippen LogP contribution in [0.15, 0.2) is 60.8 Å². The first-order valence-electron chi connectivity index (χ1n) is 6.30. The molecule has 1 nitrogen and oxygen atoms in total. The van der Waals surface area contributed by atoms with E-state index in [1.165, 1.54) is 5.56 Å². The quantitative estimate of drug-likeness (QED) is 0.604. The van der Waals surface area contributed by atoms with Crippen molar-refractivity contribution >= 4 is 22.5 Å². The van der Waals surface area contributed by atoms with Crippen LogP contribution in [0.1, 0.15) is 22.1 Å². The van der Waals surface area contributed by atoms with Gasteiger partial charge in [-0.15, -0.1) is 11.6 Å². The zero-order valence-electron chi connectivity index (χ0n) is 10.7. The standard InChI is InChI=1S/C17H14ClN/c1-12-5-4-6-13(11-12)17(18)15-9-10-19-16-8-3-2-7-14(15)16/h2-11,17H,1H3. The van der Waals surface area contributed by atoms with E-state index in [-0.39, 0.29) is 5.38 Å². The van der Waals surface area contributed by atoms with Gasteiger partial charge in [-0.2, -0.15) is 0 Å². The van der Waals surface area contributed by atoms with Crippen molar-refractivity contribution in [2.45, 2.75) is 12.3 Å². The summed E-state index contributed by atoms with van der Waals surface area (Å²) >= 11 is 6.65. The number of hydrogen-bond donors (Lipinski definition) is 0. The van der Waals surface area contributed by atoms with Gasteiger partial charge in [0, 0.05) is 11.6 Å². The van der Waals surface area contributed by atoms with Gasteiger partial charge in [-0.25, -0.2) is 0 Å². The number of halogens is 1. The number of hydrogen-bond acceptors (Lipinski definition) is 1. The minimum absolute atomic E-state index is 0.146. The normalized spacial score (nSPS) is 12.5. The number of pyridine rings is 1. The Labute approximate surface area is 117 Å². The molecule has 0 saturated heterocycles. The average molecular weight is 268 g/mol. The molecule has 2 heteroatoms. The second-order valence-corrected chi connectivity index (χ2v) is 5.13. The van der Waals surface area contributed by atoms with Crippen LogP contribution in [0.5, 0.6) is 0 Å². The van der Waals surface area contributed by atoms with Gasteiger partial charge in [-0.05, 0) is 30.2 Å². The van der Waals surface area contributed by atoms with Gasteiger partial charge in [0.2, 0.25) is 0 Å². The van der Waals surface area contributed by atoms with Gasteiger partial charge in [-0.3, -0.25) is 4.98 Å². The zero-order chi connectivity index (χ0) is 13.2. The highest BCUT2D eigenvalue weighted by Crippen LogP contribution is 2.33. The van der Waals surface area contributed by atoms with Gasteiger partial charge in [0.15, 0.2) is 0 Å². The highest BCUT2D eigenvalue weighted by atomic mass is 35.5. The van der Waals surface area contributed by atoms with Crippen molar-refractivity contribution in [2.24, 2.45) is 0 Å². The van der Waals surface area contributed by atoms with E-state index < -0.39 is 0 Å². The van der Waals surface area contributed by atoms with Crippen LogP contribution in [-0.4, -0.2) is 4.98 Å². The van der Waals surface area contributed by atoms with Crippen molar-refractivity contribution in [1.82, 2.24) is 4.98 Å². The molecule has 0 aliphatic carbocycles. The number of rotatable bonds is 2. The Bertz CT molecular complexity index is 716. The number of fused-ring (bicyclic) bond motifs is 1. The smallest absolute Gasteiger partial charge is 0.0842 e. The highest BCUT2D eigenvalue weighted by molar-refractivity contribution is 6.23. The first-order valence-corrected chi connectivity index (χ1v) is 6.73. The molecule has 0 spiro atoms. The molecule has 3 aromatic rings. The molecule has 0 radical (unpaired) electrons.